The molecule has 0 spiro atoms. The second-order valence-electron chi connectivity index (χ2n) is 5.14. The van der Waals surface area contributed by atoms with Crippen LogP contribution < -0.4 is 10.1 Å². The van der Waals surface area contributed by atoms with Crippen molar-refractivity contribution < 1.29 is 9.13 Å². The Hall–Kier alpha value is -1.39. The molecule has 2 rings (SSSR count). The van der Waals surface area contributed by atoms with Crippen molar-refractivity contribution in [2.75, 3.05) is 6.61 Å². The highest BCUT2D eigenvalue weighted by Crippen LogP contribution is 2.16. The van der Waals surface area contributed by atoms with E-state index in [0.29, 0.717) is 18.7 Å². The largest absolute Gasteiger partial charge is 0.492 e. The maximum atomic E-state index is 13.6. The maximum absolute atomic E-state index is 13.6. The normalized spacial score (nSPS) is 12.2. The number of benzene rings is 2. The average Bonchev–Trinajstić information content (AvgIpc) is 2.47. The predicted octanol–water partition coefficient (Wildman–Crippen LogP) is 4.45. The maximum Gasteiger partial charge on any atom is 0.127 e. The highest BCUT2D eigenvalue weighted by Gasteiger charge is 2.06. The molecule has 21 heavy (non-hydrogen) atoms. The molecule has 0 aromatic heterocycles. The molecule has 0 aliphatic carbocycles. The first-order chi connectivity index (χ1) is 10.0. The van der Waals surface area contributed by atoms with Crippen LogP contribution in [-0.2, 0) is 6.54 Å². The van der Waals surface area contributed by atoms with Gasteiger partial charge in [-0.1, -0.05) is 33.6 Å². The fourth-order valence-electron chi connectivity index (χ4n) is 1.88. The quantitative estimate of drug-likeness (QED) is 0.829. The second-order valence-corrected chi connectivity index (χ2v) is 6.06. The molecule has 112 valence electrons. The van der Waals surface area contributed by atoms with Crippen LogP contribution in [0.3, 0.4) is 0 Å². The molecule has 0 fully saturated rings. The molecule has 1 atom stereocenters. The van der Waals surface area contributed by atoms with Gasteiger partial charge in [-0.25, -0.2) is 4.39 Å². The van der Waals surface area contributed by atoms with Crippen LogP contribution >= 0.6 is 15.9 Å². The minimum Gasteiger partial charge on any atom is -0.492 e. The molecular formula is C17H19BrFNO. The first-order valence-corrected chi connectivity index (χ1v) is 7.70. The molecule has 0 aliphatic rings. The molecular weight excluding hydrogens is 333 g/mol. The minimum absolute atomic E-state index is 0.129. The van der Waals surface area contributed by atoms with E-state index in [-0.39, 0.29) is 11.9 Å². The lowest BCUT2D eigenvalue weighted by molar-refractivity contribution is 0.272. The standard InChI is InChI=1S/C17H19BrFNO/c1-12-3-6-16(7-4-12)21-11-13(2)20-10-14-9-15(18)5-8-17(14)19/h3-9,13,20H,10-11H2,1-2H3. The van der Waals surface area contributed by atoms with Crippen molar-refractivity contribution >= 4 is 15.9 Å². The number of hydrogen-bond acceptors (Lipinski definition) is 2. The summed E-state index contributed by atoms with van der Waals surface area (Å²) in [5.41, 5.74) is 1.85. The van der Waals surface area contributed by atoms with Crippen LogP contribution in [0.1, 0.15) is 18.1 Å². The molecule has 1 N–H and O–H groups in total. The van der Waals surface area contributed by atoms with Gasteiger partial charge in [0.05, 0.1) is 0 Å². The summed E-state index contributed by atoms with van der Waals surface area (Å²) < 4.78 is 20.2. The third kappa shape index (κ3) is 5.14. The van der Waals surface area contributed by atoms with E-state index in [1.807, 2.05) is 38.1 Å². The zero-order valence-electron chi connectivity index (χ0n) is 12.2. The summed E-state index contributed by atoms with van der Waals surface area (Å²) in [7, 11) is 0. The lowest BCUT2D eigenvalue weighted by atomic mass is 10.2. The molecule has 0 amide bonds. The minimum atomic E-state index is -0.197. The third-order valence-electron chi connectivity index (χ3n) is 3.17. The van der Waals surface area contributed by atoms with Gasteiger partial charge in [0.25, 0.3) is 0 Å². The van der Waals surface area contributed by atoms with Crippen LogP contribution in [0, 0.1) is 12.7 Å². The Morgan fingerprint density at radius 3 is 2.62 bits per heavy atom. The van der Waals surface area contributed by atoms with Gasteiger partial charge >= 0.3 is 0 Å². The highest BCUT2D eigenvalue weighted by molar-refractivity contribution is 9.10. The van der Waals surface area contributed by atoms with Crippen molar-refractivity contribution in [3.8, 4) is 5.75 Å². The zero-order chi connectivity index (χ0) is 15.2. The van der Waals surface area contributed by atoms with E-state index < -0.39 is 0 Å². The SMILES string of the molecule is Cc1ccc(OCC(C)NCc2cc(Br)ccc2F)cc1. The van der Waals surface area contributed by atoms with E-state index in [9.17, 15) is 4.39 Å². The molecule has 2 nitrogen and oxygen atoms in total. The van der Waals surface area contributed by atoms with E-state index in [1.165, 1.54) is 11.6 Å². The van der Waals surface area contributed by atoms with Crippen LogP contribution in [-0.4, -0.2) is 12.6 Å². The van der Waals surface area contributed by atoms with E-state index in [0.717, 1.165) is 10.2 Å². The van der Waals surface area contributed by atoms with Gasteiger partial charge in [-0.15, -0.1) is 0 Å². The van der Waals surface area contributed by atoms with E-state index in [2.05, 4.69) is 21.2 Å². The molecule has 0 bridgehead atoms. The highest BCUT2D eigenvalue weighted by atomic mass is 79.9. The smallest absolute Gasteiger partial charge is 0.127 e. The van der Waals surface area contributed by atoms with Crippen molar-refractivity contribution in [3.05, 3.63) is 63.9 Å². The molecule has 0 saturated carbocycles. The van der Waals surface area contributed by atoms with Crippen LogP contribution in [0.15, 0.2) is 46.9 Å². The number of nitrogens with one attached hydrogen (secondary N) is 1. The van der Waals surface area contributed by atoms with Crippen LogP contribution in [0.2, 0.25) is 0 Å². The molecule has 2 aromatic carbocycles. The Kier molecular flexibility index (Phi) is 5.76. The fourth-order valence-corrected chi connectivity index (χ4v) is 2.29. The first-order valence-electron chi connectivity index (χ1n) is 6.91. The van der Waals surface area contributed by atoms with Gasteiger partial charge in [0.1, 0.15) is 18.2 Å². The number of ether oxygens (including phenoxy) is 1. The van der Waals surface area contributed by atoms with Crippen LogP contribution in [0.25, 0.3) is 0 Å². The monoisotopic (exact) mass is 351 g/mol. The van der Waals surface area contributed by atoms with Crippen molar-refractivity contribution in [2.45, 2.75) is 26.4 Å². The topological polar surface area (TPSA) is 21.3 Å². The van der Waals surface area contributed by atoms with Crippen LogP contribution in [0.4, 0.5) is 4.39 Å². The summed E-state index contributed by atoms with van der Waals surface area (Å²) in [6.45, 7) is 5.08. The average molecular weight is 352 g/mol. The zero-order valence-corrected chi connectivity index (χ0v) is 13.8. The molecule has 0 radical (unpaired) electrons. The van der Waals surface area contributed by atoms with E-state index in [4.69, 9.17) is 4.74 Å². The molecule has 0 heterocycles. The Morgan fingerprint density at radius 2 is 1.90 bits per heavy atom. The molecule has 2 aromatic rings. The summed E-state index contributed by atoms with van der Waals surface area (Å²) in [6.07, 6.45) is 0. The van der Waals surface area contributed by atoms with Gasteiger partial charge in [0.15, 0.2) is 0 Å². The van der Waals surface area contributed by atoms with Gasteiger partial charge in [-0.2, -0.15) is 0 Å². The van der Waals surface area contributed by atoms with Crippen LogP contribution in [0.5, 0.6) is 5.75 Å². The third-order valence-corrected chi connectivity index (χ3v) is 3.66. The molecule has 0 saturated heterocycles. The van der Waals surface area contributed by atoms with Crippen molar-refractivity contribution in [1.29, 1.82) is 0 Å². The number of halogens is 2. The lowest BCUT2D eigenvalue weighted by Gasteiger charge is -2.15. The lowest BCUT2D eigenvalue weighted by Crippen LogP contribution is -2.31. The Morgan fingerprint density at radius 1 is 1.19 bits per heavy atom. The fraction of sp³-hybridized carbons (Fsp3) is 0.294. The molecule has 1 unspecified atom stereocenters. The first kappa shape index (κ1) is 16.0. The molecule has 4 heteroatoms. The summed E-state index contributed by atoms with van der Waals surface area (Å²) in [6, 6.07) is 13.0. The van der Waals surface area contributed by atoms with Gasteiger partial charge in [0.2, 0.25) is 0 Å². The van der Waals surface area contributed by atoms with Crippen molar-refractivity contribution in [1.82, 2.24) is 5.32 Å². The Balaban J connectivity index is 1.80. The predicted molar refractivity (Wildman–Crippen MR) is 87.1 cm³/mol. The second kappa shape index (κ2) is 7.57. The van der Waals surface area contributed by atoms with Gasteiger partial charge in [0, 0.05) is 22.6 Å². The van der Waals surface area contributed by atoms with Gasteiger partial charge in [-0.3, -0.25) is 0 Å². The van der Waals surface area contributed by atoms with Gasteiger partial charge in [-0.05, 0) is 44.2 Å². The Labute approximate surface area is 133 Å². The van der Waals surface area contributed by atoms with Crippen molar-refractivity contribution in [2.24, 2.45) is 0 Å². The number of aryl methyl sites for hydroxylation is 1. The van der Waals surface area contributed by atoms with E-state index in [1.54, 1.807) is 12.1 Å². The summed E-state index contributed by atoms with van der Waals surface area (Å²) in [4.78, 5) is 0. The van der Waals surface area contributed by atoms with Crippen molar-refractivity contribution in [3.63, 3.8) is 0 Å². The van der Waals surface area contributed by atoms with Gasteiger partial charge < -0.3 is 10.1 Å². The number of hydrogen-bond donors (Lipinski definition) is 1. The molecule has 0 aliphatic heterocycles. The summed E-state index contributed by atoms with van der Waals surface area (Å²) in [5.74, 6) is 0.653. The number of rotatable bonds is 6. The van der Waals surface area contributed by atoms with E-state index >= 15 is 0 Å². The summed E-state index contributed by atoms with van der Waals surface area (Å²) >= 11 is 3.35. The Bertz CT molecular complexity index is 586. The summed E-state index contributed by atoms with van der Waals surface area (Å²) in [5, 5.41) is 3.26.